The highest BCUT2D eigenvalue weighted by Gasteiger charge is 1.93. The molecule has 0 unspecified atom stereocenters. The van der Waals surface area contributed by atoms with Crippen molar-refractivity contribution in [2.45, 2.75) is 13.0 Å². The molecule has 62 valence electrons. The summed E-state index contributed by atoms with van der Waals surface area (Å²) >= 11 is 0. The van der Waals surface area contributed by atoms with E-state index in [2.05, 4.69) is 10.4 Å². The van der Waals surface area contributed by atoms with Crippen LogP contribution in [0.1, 0.15) is 6.42 Å². The summed E-state index contributed by atoms with van der Waals surface area (Å²) in [6.45, 7) is 0.993. The highest BCUT2D eigenvalue weighted by atomic mass is 16.3. The fourth-order valence-corrected chi connectivity index (χ4v) is 0.852. The standard InChI is InChI=1S/C7H13N3O/c1-8-7-3-5-10(9-7)4-2-6-11/h3,5,11H,2,4,6H2,1H3,(H,8,9). The Balaban J connectivity index is 2.44. The average Bonchev–Trinajstić information content (AvgIpc) is 2.48. The predicted molar refractivity (Wildman–Crippen MR) is 43.5 cm³/mol. The summed E-state index contributed by atoms with van der Waals surface area (Å²) in [5, 5.41) is 15.6. The minimum atomic E-state index is 0.217. The Labute approximate surface area is 65.8 Å². The fourth-order valence-electron chi connectivity index (χ4n) is 0.852. The predicted octanol–water partition coefficient (Wildman–Crippen LogP) is 0.307. The van der Waals surface area contributed by atoms with Gasteiger partial charge in [-0.15, -0.1) is 0 Å². The second-order valence-electron chi connectivity index (χ2n) is 2.29. The summed E-state index contributed by atoms with van der Waals surface area (Å²) in [6, 6.07) is 1.90. The summed E-state index contributed by atoms with van der Waals surface area (Å²) in [6.07, 6.45) is 2.65. The number of aryl methyl sites for hydroxylation is 1. The quantitative estimate of drug-likeness (QED) is 0.657. The Morgan fingerprint density at radius 1 is 1.73 bits per heavy atom. The smallest absolute Gasteiger partial charge is 0.147 e. The summed E-state index contributed by atoms with van der Waals surface area (Å²) < 4.78 is 1.81. The number of nitrogens with one attached hydrogen (secondary N) is 1. The van der Waals surface area contributed by atoms with Gasteiger partial charge in [0.25, 0.3) is 0 Å². The van der Waals surface area contributed by atoms with E-state index in [4.69, 9.17) is 5.11 Å². The Kier molecular flexibility index (Phi) is 2.92. The third-order valence-corrected chi connectivity index (χ3v) is 1.44. The van der Waals surface area contributed by atoms with E-state index in [1.807, 2.05) is 24.0 Å². The van der Waals surface area contributed by atoms with Crippen LogP contribution in [0.3, 0.4) is 0 Å². The van der Waals surface area contributed by atoms with Crippen molar-refractivity contribution in [2.24, 2.45) is 0 Å². The first kappa shape index (κ1) is 8.07. The van der Waals surface area contributed by atoms with Gasteiger partial charge in [-0.2, -0.15) is 5.10 Å². The second kappa shape index (κ2) is 3.98. The first-order valence-electron chi connectivity index (χ1n) is 3.69. The van der Waals surface area contributed by atoms with Crippen LogP contribution >= 0.6 is 0 Å². The molecule has 1 aromatic rings. The minimum Gasteiger partial charge on any atom is -0.396 e. The molecule has 1 aromatic heterocycles. The van der Waals surface area contributed by atoms with Crippen molar-refractivity contribution in [3.05, 3.63) is 12.3 Å². The number of aliphatic hydroxyl groups is 1. The van der Waals surface area contributed by atoms with Crippen LogP contribution in [0.4, 0.5) is 5.82 Å². The van der Waals surface area contributed by atoms with E-state index in [1.165, 1.54) is 0 Å². The molecule has 11 heavy (non-hydrogen) atoms. The van der Waals surface area contributed by atoms with Gasteiger partial charge < -0.3 is 10.4 Å². The number of rotatable bonds is 4. The maximum atomic E-state index is 8.53. The van der Waals surface area contributed by atoms with Gasteiger partial charge in [-0.3, -0.25) is 4.68 Å². The van der Waals surface area contributed by atoms with Gasteiger partial charge in [-0.25, -0.2) is 0 Å². The van der Waals surface area contributed by atoms with Crippen molar-refractivity contribution in [1.29, 1.82) is 0 Å². The Morgan fingerprint density at radius 3 is 3.09 bits per heavy atom. The number of aromatic nitrogens is 2. The largest absolute Gasteiger partial charge is 0.396 e. The Hall–Kier alpha value is -1.03. The van der Waals surface area contributed by atoms with Crippen LogP contribution < -0.4 is 5.32 Å². The molecule has 4 nitrogen and oxygen atoms in total. The van der Waals surface area contributed by atoms with Crippen LogP contribution in [-0.4, -0.2) is 28.5 Å². The molecular formula is C7H13N3O. The maximum Gasteiger partial charge on any atom is 0.147 e. The third-order valence-electron chi connectivity index (χ3n) is 1.44. The van der Waals surface area contributed by atoms with Crippen LogP contribution in [0.25, 0.3) is 0 Å². The SMILES string of the molecule is CNc1ccn(CCCO)n1. The second-order valence-corrected chi connectivity index (χ2v) is 2.29. The Morgan fingerprint density at radius 2 is 2.55 bits per heavy atom. The molecule has 0 aromatic carbocycles. The molecule has 0 aliphatic rings. The molecule has 0 bridgehead atoms. The van der Waals surface area contributed by atoms with Gasteiger partial charge in [0.2, 0.25) is 0 Å². The van der Waals surface area contributed by atoms with E-state index in [-0.39, 0.29) is 6.61 Å². The van der Waals surface area contributed by atoms with Gasteiger partial charge in [-0.05, 0) is 6.42 Å². The first-order valence-corrected chi connectivity index (χ1v) is 3.69. The lowest BCUT2D eigenvalue weighted by molar-refractivity contribution is 0.277. The van der Waals surface area contributed by atoms with Crippen molar-refractivity contribution in [2.75, 3.05) is 19.0 Å². The van der Waals surface area contributed by atoms with Crippen LogP contribution in [0.15, 0.2) is 12.3 Å². The molecule has 0 fully saturated rings. The molecule has 4 heteroatoms. The molecule has 1 heterocycles. The van der Waals surface area contributed by atoms with Crippen LogP contribution in [0.2, 0.25) is 0 Å². The van der Waals surface area contributed by atoms with E-state index in [9.17, 15) is 0 Å². The van der Waals surface area contributed by atoms with Crippen molar-refractivity contribution in [3.63, 3.8) is 0 Å². The van der Waals surface area contributed by atoms with Gasteiger partial charge in [0, 0.05) is 32.5 Å². The van der Waals surface area contributed by atoms with Crippen LogP contribution in [0.5, 0.6) is 0 Å². The van der Waals surface area contributed by atoms with Crippen molar-refractivity contribution >= 4 is 5.82 Å². The summed E-state index contributed by atoms with van der Waals surface area (Å²) in [4.78, 5) is 0. The number of aliphatic hydroxyl groups excluding tert-OH is 1. The first-order chi connectivity index (χ1) is 5.36. The normalized spacial score (nSPS) is 10.0. The topological polar surface area (TPSA) is 50.1 Å². The van der Waals surface area contributed by atoms with Crippen molar-refractivity contribution in [1.82, 2.24) is 9.78 Å². The van der Waals surface area contributed by atoms with Crippen LogP contribution in [0, 0.1) is 0 Å². The zero-order valence-corrected chi connectivity index (χ0v) is 6.62. The lowest BCUT2D eigenvalue weighted by Gasteiger charge is -1.97. The van der Waals surface area contributed by atoms with Crippen LogP contribution in [-0.2, 0) is 6.54 Å². The number of hydrogen-bond acceptors (Lipinski definition) is 3. The minimum absolute atomic E-state index is 0.217. The van der Waals surface area contributed by atoms with E-state index < -0.39 is 0 Å². The van der Waals surface area contributed by atoms with Gasteiger partial charge in [-0.1, -0.05) is 0 Å². The van der Waals surface area contributed by atoms with E-state index in [0.717, 1.165) is 18.8 Å². The molecule has 0 aliphatic carbocycles. The molecule has 0 saturated heterocycles. The lowest BCUT2D eigenvalue weighted by Crippen LogP contribution is -2.01. The molecule has 0 atom stereocenters. The molecular weight excluding hydrogens is 142 g/mol. The number of nitrogens with zero attached hydrogens (tertiary/aromatic N) is 2. The molecule has 0 saturated carbocycles. The molecule has 0 amide bonds. The molecule has 0 spiro atoms. The van der Waals surface area contributed by atoms with E-state index in [0.29, 0.717) is 0 Å². The van der Waals surface area contributed by atoms with E-state index >= 15 is 0 Å². The Bertz CT molecular complexity index is 209. The summed E-state index contributed by atoms with van der Waals surface area (Å²) in [7, 11) is 1.83. The fraction of sp³-hybridized carbons (Fsp3) is 0.571. The number of anilines is 1. The highest BCUT2D eigenvalue weighted by Crippen LogP contribution is 2.00. The number of hydrogen-bond donors (Lipinski definition) is 2. The highest BCUT2D eigenvalue weighted by molar-refractivity contribution is 5.30. The third kappa shape index (κ3) is 2.23. The van der Waals surface area contributed by atoms with Gasteiger partial charge in [0.15, 0.2) is 0 Å². The maximum absolute atomic E-state index is 8.53. The van der Waals surface area contributed by atoms with Gasteiger partial charge in [0.1, 0.15) is 5.82 Å². The zero-order valence-electron chi connectivity index (χ0n) is 6.62. The van der Waals surface area contributed by atoms with Gasteiger partial charge >= 0.3 is 0 Å². The van der Waals surface area contributed by atoms with Crippen molar-refractivity contribution < 1.29 is 5.11 Å². The molecule has 1 rings (SSSR count). The van der Waals surface area contributed by atoms with Gasteiger partial charge in [0.05, 0.1) is 0 Å². The average molecular weight is 155 g/mol. The van der Waals surface area contributed by atoms with E-state index in [1.54, 1.807) is 0 Å². The molecule has 2 N–H and O–H groups in total. The molecule has 0 radical (unpaired) electrons. The lowest BCUT2D eigenvalue weighted by atomic mass is 10.5. The summed E-state index contributed by atoms with van der Waals surface area (Å²) in [5.41, 5.74) is 0. The molecule has 0 aliphatic heterocycles. The summed E-state index contributed by atoms with van der Waals surface area (Å²) in [5.74, 6) is 0.864. The zero-order chi connectivity index (χ0) is 8.10. The monoisotopic (exact) mass is 155 g/mol. The van der Waals surface area contributed by atoms with Crippen molar-refractivity contribution in [3.8, 4) is 0 Å².